The molecule has 1 N–H and O–H groups in total. The third kappa shape index (κ3) is 2.97. The number of carbonyl (C=O) groups excluding carboxylic acids is 1. The van der Waals surface area contributed by atoms with E-state index in [0.29, 0.717) is 12.5 Å². The fourth-order valence-corrected chi connectivity index (χ4v) is 4.68. The molecule has 2 aliphatic rings. The molecule has 0 bridgehead atoms. The standard InChI is InChI=1S/C21H29N3O/c1-14-7-8-15(2)21-20(14)18(16(3)22-21)12-19(25)24-11-10-23-9-5-4-6-17(23)13-24/h7-8,17,22H,4-6,9-13H2,1-3H3/t17-/m1/s1. The summed E-state index contributed by atoms with van der Waals surface area (Å²) in [5.41, 5.74) is 6.02. The van der Waals surface area contributed by atoms with Crippen LogP contribution in [0.5, 0.6) is 0 Å². The maximum absolute atomic E-state index is 13.0. The molecule has 25 heavy (non-hydrogen) atoms. The van der Waals surface area contributed by atoms with Crippen LogP contribution in [-0.4, -0.2) is 52.9 Å². The molecule has 134 valence electrons. The Labute approximate surface area is 150 Å². The molecule has 0 aliphatic carbocycles. The van der Waals surface area contributed by atoms with E-state index in [-0.39, 0.29) is 5.91 Å². The van der Waals surface area contributed by atoms with Gasteiger partial charge in [-0.3, -0.25) is 9.69 Å². The summed E-state index contributed by atoms with van der Waals surface area (Å²) in [6, 6.07) is 4.90. The number of aryl methyl sites for hydroxylation is 3. The van der Waals surface area contributed by atoms with Crippen LogP contribution in [0.2, 0.25) is 0 Å². The van der Waals surface area contributed by atoms with Crippen LogP contribution in [0.25, 0.3) is 10.9 Å². The normalized spacial score (nSPS) is 21.6. The maximum atomic E-state index is 13.0. The number of hydrogen-bond acceptors (Lipinski definition) is 2. The number of aromatic nitrogens is 1. The molecule has 0 spiro atoms. The van der Waals surface area contributed by atoms with Gasteiger partial charge in [0.15, 0.2) is 0 Å². The van der Waals surface area contributed by atoms with Crippen molar-refractivity contribution in [2.75, 3.05) is 26.2 Å². The second-order valence-electron chi connectivity index (χ2n) is 7.88. The highest BCUT2D eigenvalue weighted by Gasteiger charge is 2.31. The number of amides is 1. The Morgan fingerprint density at radius 2 is 1.92 bits per heavy atom. The number of aromatic amines is 1. The lowest BCUT2D eigenvalue weighted by Gasteiger charge is -2.44. The Hall–Kier alpha value is -1.81. The Balaban J connectivity index is 1.56. The maximum Gasteiger partial charge on any atom is 0.227 e. The number of piperazine rings is 1. The summed E-state index contributed by atoms with van der Waals surface area (Å²) in [7, 11) is 0. The van der Waals surface area contributed by atoms with Gasteiger partial charge in [0.2, 0.25) is 5.91 Å². The van der Waals surface area contributed by atoms with E-state index in [0.717, 1.165) is 25.3 Å². The molecule has 0 unspecified atom stereocenters. The molecule has 2 aromatic rings. The zero-order valence-corrected chi connectivity index (χ0v) is 15.7. The van der Waals surface area contributed by atoms with Crippen molar-refractivity contribution in [3.8, 4) is 0 Å². The van der Waals surface area contributed by atoms with Crippen molar-refractivity contribution in [3.05, 3.63) is 34.5 Å². The fourth-order valence-electron chi connectivity index (χ4n) is 4.68. The lowest BCUT2D eigenvalue weighted by molar-refractivity contribution is -0.134. The number of nitrogens with zero attached hydrogens (tertiary/aromatic N) is 2. The van der Waals surface area contributed by atoms with Crippen LogP contribution in [0, 0.1) is 20.8 Å². The third-order valence-corrected chi connectivity index (χ3v) is 6.21. The van der Waals surface area contributed by atoms with Crippen molar-refractivity contribution >= 4 is 16.8 Å². The second-order valence-corrected chi connectivity index (χ2v) is 7.88. The average Bonchev–Trinajstić information content (AvgIpc) is 2.95. The number of fused-ring (bicyclic) bond motifs is 2. The van der Waals surface area contributed by atoms with Crippen LogP contribution >= 0.6 is 0 Å². The first-order chi connectivity index (χ1) is 12.0. The van der Waals surface area contributed by atoms with Gasteiger partial charge in [-0.15, -0.1) is 0 Å². The zero-order chi connectivity index (χ0) is 17.6. The molecule has 1 atom stereocenters. The number of piperidine rings is 1. The van der Waals surface area contributed by atoms with Crippen LogP contribution in [0.1, 0.15) is 41.6 Å². The topological polar surface area (TPSA) is 39.3 Å². The van der Waals surface area contributed by atoms with E-state index < -0.39 is 0 Å². The molecule has 1 aromatic heterocycles. The average molecular weight is 339 g/mol. The van der Waals surface area contributed by atoms with Gasteiger partial charge in [-0.2, -0.15) is 0 Å². The van der Waals surface area contributed by atoms with E-state index >= 15 is 0 Å². The first-order valence-corrected chi connectivity index (χ1v) is 9.64. The summed E-state index contributed by atoms with van der Waals surface area (Å²) >= 11 is 0. The monoisotopic (exact) mass is 339 g/mol. The van der Waals surface area contributed by atoms with Crippen molar-refractivity contribution in [2.45, 2.75) is 52.5 Å². The summed E-state index contributed by atoms with van der Waals surface area (Å²) in [5, 5.41) is 1.25. The lowest BCUT2D eigenvalue weighted by Crippen LogP contribution is -2.56. The number of benzene rings is 1. The van der Waals surface area contributed by atoms with E-state index in [2.05, 4.69) is 47.7 Å². The minimum absolute atomic E-state index is 0.287. The Bertz CT molecular complexity index is 807. The van der Waals surface area contributed by atoms with Gasteiger partial charge in [-0.25, -0.2) is 0 Å². The number of rotatable bonds is 2. The van der Waals surface area contributed by atoms with E-state index in [1.165, 1.54) is 53.4 Å². The summed E-state index contributed by atoms with van der Waals surface area (Å²) < 4.78 is 0. The third-order valence-electron chi connectivity index (χ3n) is 6.21. The minimum Gasteiger partial charge on any atom is -0.358 e. The molecule has 4 nitrogen and oxygen atoms in total. The zero-order valence-electron chi connectivity index (χ0n) is 15.7. The molecule has 4 heteroatoms. The predicted molar refractivity (Wildman–Crippen MR) is 102 cm³/mol. The second kappa shape index (κ2) is 6.49. The highest BCUT2D eigenvalue weighted by molar-refractivity contribution is 5.93. The van der Waals surface area contributed by atoms with Gasteiger partial charge in [0.1, 0.15) is 0 Å². The van der Waals surface area contributed by atoms with Crippen LogP contribution in [0.3, 0.4) is 0 Å². The Morgan fingerprint density at radius 3 is 2.76 bits per heavy atom. The van der Waals surface area contributed by atoms with Gasteiger partial charge >= 0.3 is 0 Å². The van der Waals surface area contributed by atoms with Crippen molar-refractivity contribution in [3.63, 3.8) is 0 Å². The van der Waals surface area contributed by atoms with Crippen LogP contribution in [0.15, 0.2) is 12.1 Å². The van der Waals surface area contributed by atoms with Gasteiger partial charge in [0.05, 0.1) is 6.42 Å². The summed E-state index contributed by atoms with van der Waals surface area (Å²) in [5.74, 6) is 0.287. The minimum atomic E-state index is 0.287. The van der Waals surface area contributed by atoms with Crippen molar-refractivity contribution in [1.82, 2.24) is 14.8 Å². The lowest BCUT2D eigenvalue weighted by atomic mass is 9.98. The van der Waals surface area contributed by atoms with Crippen LogP contribution < -0.4 is 0 Å². The van der Waals surface area contributed by atoms with Crippen molar-refractivity contribution in [1.29, 1.82) is 0 Å². The summed E-state index contributed by atoms with van der Waals surface area (Å²) in [6.45, 7) is 10.4. The van der Waals surface area contributed by atoms with Gasteiger partial charge in [0.25, 0.3) is 0 Å². The van der Waals surface area contributed by atoms with E-state index in [4.69, 9.17) is 0 Å². The number of nitrogens with one attached hydrogen (secondary N) is 1. The largest absolute Gasteiger partial charge is 0.358 e. The highest BCUT2D eigenvalue weighted by Crippen LogP contribution is 2.29. The number of carbonyl (C=O) groups is 1. The van der Waals surface area contributed by atoms with E-state index in [9.17, 15) is 4.79 Å². The smallest absolute Gasteiger partial charge is 0.227 e. The molecule has 2 saturated heterocycles. The SMILES string of the molecule is Cc1[nH]c2c(C)ccc(C)c2c1CC(=O)N1CCN2CCCC[C@@H]2C1. The quantitative estimate of drug-likeness (QED) is 0.911. The van der Waals surface area contributed by atoms with Crippen LogP contribution in [0.4, 0.5) is 0 Å². The molecule has 0 radical (unpaired) electrons. The van der Waals surface area contributed by atoms with Gasteiger partial charge in [0, 0.05) is 42.3 Å². The van der Waals surface area contributed by atoms with Gasteiger partial charge in [-0.1, -0.05) is 18.6 Å². The number of H-pyrrole nitrogens is 1. The first-order valence-electron chi connectivity index (χ1n) is 9.64. The molecular weight excluding hydrogens is 310 g/mol. The molecule has 0 saturated carbocycles. The molecule has 1 aromatic carbocycles. The van der Waals surface area contributed by atoms with E-state index in [1.54, 1.807) is 0 Å². The molecule has 2 fully saturated rings. The van der Waals surface area contributed by atoms with Crippen molar-refractivity contribution < 1.29 is 4.79 Å². The highest BCUT2D eigenvalue weighted by atomic mass is 16.2. The molecule has 4 rings (SSSR count). The van der Waals surface area contributed by atoms with E-state index in [1.807, 2.05) is 0 Å². The Kier molecular flexibility index (Phi) is 4.32. The van der Waals surface area contributed by atoms with Crippen molar-refractivity contribution in [2.24, 2.45) is 0 Å². The van der Waals surface area contributed by atoms with Crippen LogP contribution in [-0.2, 0) is 11.2 Å². The Morgan fingerprint density at radius 1 is 1.12 bits per heavy atom. The molecule has 3 heterocycles. The van der Waals surface area contributed by atoms with Gasteiger partial charge < -0.3 is 9.88 Å². The number of hydrogen-bond donors (Lipinski definition) is 1. The van der Waals surface area contributed by atoms with Gasteiger partial charge in [-0.05, 0) is 56.8 Å². The first kappa shape index (κ1) is 16.6. The fraction of sp³-hybridized carbons (Fsp3) is 0.571. The summed E-state index contributed by atoms with van der Waals surface area (Å²) in [4.78, 5) is 21.2. The predicted octanol–water partition coefficient (Wildman–Crippen LogP) is 3.33. The molecule has 1 amide bonds. The summed E-state index contributed by atoms with van der Waals surface area (Å²) in [6.07, 6.45) is 4.39. The molecule has 2 aliphatic heterocycles. The molecular formula is C21H29N3O.